The fourth-order valence-corrected chi connectivity index (χ4v) is 4.67. The van der Waals surface area contributed by atoms with Gasteiger partial charge in [-0.2, -0.15) is 0 Å². The van der Waals surface area contributed by atoms with Crippen LogP contribution < -0.4 is 16.0 Å². The van der Waals surface area contributed by atoms with Crippen molar-refractivity contribution < 1.29 is 4.79 Å². The molecule has 0 radical (unpaired) electrons. The molecule has 2 aliphatic rings. The highest BCUT2D eigenvalue weighted by atomic mass is 16.2. The second kappa shape index (κ2) is 10.3. The van der Waals surface area contributed by atoms with Gasteiger partial charge in [-0.05, 0) is 25.0 Å². The molecule has 0 bridgehead atoms. The third kappa shape index (κ3) is 4.95. The van der Waals surface area contributed by atoms with Crippen LogP contribution >= 0.6 is 0 Å². The lowest BCUT2D eigenvalue weighted by Crippen LogP contribution is -2.48. The van der Waals surface area contributed by atoms with Crippen molar-refractivity contribution in [2.24, 2.45) is 16.1 Å². The summed E-state index contributed by atoms with van der Waals surface area (Å²) in [5.41, 5.74) is 8.72. The number of anilines is 2. The predicted molar refractivity (Wildman–Crippen MR) is 140 cm³/mol. The Morgan fingerprint density at radius 2 is 1.91 bits per heavy atom. The maximum absolute atomic E-state index is 11.5. The zero-order chi connectivity index (χ0) is 25.0. The number of amidine groups is 1. The third-order valence-corrected chi connectivity index (χ3v) is 6.98. The third-order valence-electron chi connectivity index (χ3n) is 6.98. The highest BCUT2D eigenvalue weighted by Crippen LogP contribution is 2.46. The molecule has 0 spiro atoms. The molecule has 0 saturated carbocycles. The fourth-order valence-electron chi connectivity index (χ4n) is 4.67. The van der Waals surface area contributed by atoms with Gasteiger partial charge in [0.05, 0.1) is 11.9 Å². The normalized spacial score (nSPS) is 20.5. The molecule has 1 amide bonds. The van der Waals surface area contributed by atoms with E-state index in [2.05, 4.69) is 61.0 Å². The van der Waals surface area contributed by atoms with Crippen LogP contribution in [0.15, 0.2) is 59.8 Å². The van der Waals surface area contributed by atoms with E-state index >= 15 is 0 Å². The van der Waals surface area contributed by atoms with E-state index in [0.717, 1.165) is 61.8 Å². The van der Waals surface area contributed by atoms with Crippen LogP contribution in [0.5, 0.6) is 0 Å². The SMILES string of the molecule is C=C(N=C1/C(=C\N)C(C)(C)C(=C)N1C(CC)CC)Nc1ccc(N2CCN(C(C)=O)CC2)cn1. The Morgan fingerprint density at radius 1 is 1.26 bits per heavy atom. The van der Waals surface area contributed by atoms with Gasteiger partial charge in [-0.3, -0.25) is 4.79 Å². The van der Waals surface area contributed by atoms with Crippen LogP contribution in [-0.2, 0) is 4.79 Å². The number of hydrogen-bond donors (Lipinski definition) is 2. The number of carbonyl (C=O) groups excluding carboxylic acids is 1. The first kappa shape index (κ1) is 25.3. The minimum Gasteiger partial charge on any atom is -0.404 e. The van der Waals surface area contributed by atoms with Crippen molar-refractivity contribution in [3.05, 3.63) is 54.8 Å². The standard InChI is InChI=1S/C26H39N7O/c1-8-21(9-2)33-18(3)26(6,7)23(16-27)25(33)30-19(4)29-24-11-10-22(17-28-24)32-14-12-31(13-15-32)20(5)34/h10-11,16-17,21H,3-4,8-9,12-15,27H2,1-2,5-7H3,(H,28,29)/b23-16+,30-25?. The van der Waals surface area contributed by atoms with Crippen LogP contribution in [0.2, 0.25) is 0 Å². The monoisotopic (exact) mass is 465 g/mol. The van der Waals surface area contributed by atoms with Gasteiger partial charge in [0.2, 0.25) is 5.91 Å². The molecule has 3 N–H and O–H groups in total. The molecule has 1 aromatic rings. The van der Waals surface area contributed by atoms with Gasteiger partial charge in [0, 0.05) is 62.0 Å². The molecule has 0 aliphatic carbocycles. The van der Waals surface area contributed by atoms with Gasteiger partial charge in [0.1, 0.15) is 17.5 Å². The van der Waals surface area contributed by atoms with Crippen LogP contribution in [0.25, 0.3) is 0 Å². The lowest BCUT2D eigenvalue weighted by Gasteiger charge is -2.35. The summed E-state index contributed by atoms with van der Waals surface area (Å²) in [6.07, 6.45) is 5.44. The summed E-state index contributed by atoms with van der Waals surface area (Å²) in [7, 11) is 0. The maximum atomic E-state index is 11.5. The van der Waals surface area contributed by atoms with E-state index in [1.807, 2.05) is 23.2 Å². The average Bonchev–Trinajstić information content (AvgIpc) is 3.00. The number of aliphatic imine (C=N–C) groups is 1. The summed E-state index contributed by atoms with van der Waals surface area (Å²) >= 11 is 0. The number of piperazine rings is 1. The molecular formula is C26H39N7O. The Bertz CT molecular complexity index is 981. The molecule has 2 aliphatic heterocycles. The second-order valence-electron chi connectivity index (χ2n) is 9.39. The Morgan fingerprint density at radius 3 is 2.41 bits per heavy atom. The van der Waals surface area contributed by atoms with Gasteiger partial charge < -0.3 is 25.8 Å². The van der Waals surface area contributed by atoms with Crippen LogP contribution in [0, 0.1) is 5.41 Å². The van der Waals surface area contributed by atoms with Gasteiger partial charge in [-0.25, -0.2) is 9.98 Å². The van der Waals surface area contributed by atoms with E-state index in [-0.39, 0.29) is 17.4 Å². The van der Waals surface area contributed by atoms with Crippen LogP contribution in [0.1, 0.15) is 47.5 Å². The number of carbonyl (C=O) groups is 1. The number of nitrogens with zero attached hydrogens (tertiary/aromatic N) is 5. The zero-order valence-corrected chi connectivity index (χ0v) is 21.3. The van der Waals surface area contributed by atoms with E-state index < -0.39 is 0 Å². The highest BCUT2D eigenvalue weighted by molar-refractivity contribution is 6.05. The van der Waals surface area contributed by atoms with Gasteiger partial charge in [-0.15, -0.1) is 0 Å². The number of amides is 1. The van der Waals surface area contributed by atoms with Crippen molar-refractivity contribution in [2.45, 2.75) is 53.5 Å². The lowest BCUT2D eigenvalue weighted by atomic mass is 9.85. The first-order chi connectivity index (χ1) is 16.1. The molecule has 2 saturated heterocycles. The molecule has 0 unspecified atom stereocenters. The minimum atomic E-state index is -0.303. The topological polar surface area (TPSA) is 90.1 Å². The molecule has 2 fully saturated rings. The minimum absolute atomic E-state index is 0.127. The molecule has 8 heteroatoms. The number of aromatic nitrogens is 1. The summed E-state index contributed by atoms with van der Waals surface area (Å²) in [4.78, 5) is 27.3. The summed E-state index contributed by atoms with van der Waals surface area (Å²) < 4.78 is 0. The summed E-state index contributed by atoms with van der Waals surface area (Å²) in [6, 6.07) is 4.24. The summed E-state index contributed by atoms with van der Waals surface area (Å²) in [5.74, 6) is 2.08. The number of nitrogens with two attached hydrogens (primary N) is 1. The smallest absolute Gasteiger partial charge is 0.219 e. The van der Waals surface area contributed by atoms with Crippen molar-refractivity contribution in [3.8, 4) is 0 Å². The van der Waals surface area contributed by atoms with Gasteiger partial charge in [0.25, 0.3) is 0 Å². The molecule has 8 nitrogen and oxygen atoms in total. The van der Waals surface area contributed by atoms with Gasteiger partial charge in [-0.1, -0.05) is 40.9 Å². The number of likely N-dealkylation sites (tertiary alicyclic amines) is 1. The maximum Gasteiger partial charge on any atom is 0.219 e. The summed E-state index contributed by atoms with van der Waals surface area (Å²) in [5, 5.41) is 3.21. The largest absolute Gasteiger partial charge is 0.404 e. The van der Waals surface area contributed by atoms with Crippen molar-refractivity contribution in [1.82, 2.24) is 14.8 Å². The number of pyridine rings is 1. The van der Waals surface area contributed by atoms with Crippen LogP contribution in [0.3, 0.4) is 0 Å². The molecule has 3 heterocycles. The first-order valence-corrected chi connectivity index (χ1v) is 12.1. The van der Waals surface area contributed by atoms with E-state index in [4.69, 9.17) is 10.7 Å². The lowest BCUT2D eigenvalue weighted by molar-refractivity contribution is -0.129. The van der Waals surface area contributed by atoms with Gasteiger partial charge in [0.15, 0.2) is 0 Å². The molecule has 34 heavy (non-hydrogen) atoms. The van der Waals surface area contributed by atoms with Crippen molar-refractivity contribution in [1.29, 1.82) is 0 Å². The molecule has 0 atom stereocenters. The van der Waals surface area contributed by atoms with Crippen molar-refractivity contribution in [2.75, 3.05) is 36.4 Å². The van der Waals surface area contributed by atoms with Gasteiger partial charge >= 0.3 is 0 Å². The van der Waals surface area contributed by atoms with Crippen LogP contribution in [0.4, 0.5) is 11.5 Å². The molecular weight excluding hydrogens is 426 g/mol. The first-order valence-electron chi connectivity index (χ1n) is 12.1. The van der Waals surface area contributed by atoms with Crippen molar-refractivity contribution in [3.63, 3.8) is 0 Å². The summed E-state index contributed by atoms with van der Waals surface area (Å²) in [6.45, 7) is 21.8. The fraction of sp³-hybridized carbons (Fsp3) is 0.500. The second-order valence-corrected chi connectivity index (χ2v) is 9.39. The molecule has 0 aromatic carbocycles. The Kier molecular flexibility index (Phi) is 7.69. The van der Waals surface area contributed by atoms with E-state index in [9.17, 15) is 4.79 Å². The predicted octanol–water partition coefficient (Wildman–Crippen LogP) is 3.92. The van der Waals surface area contributed by atoms with E-state index in [0.29, 0.717) is 11.6 Å². The Labute approximate surface area is 203 Å². The Balaban J connectivity index is 1.75. The number of nitrogens with one attached hydrogen (secondary N) is 1. The van der Waals surface area contributed by atoms with Crippen LogP contribution in [-0.4, -0.2) is 58.7 Å². The zero-order valence-electron chi connectivity index (χ0n) is 21.3. The van der Waals surface area contributed by atoms with E-state index in [1.165, 1.54) is 0 Å². The number of hydrogen-bond acceptors (Lipinski definition) is 6. The average molecular weight is 466 g/mol. The quantitative estimate of drug-likeness (QED) is 0.634. The highest BCUT2D eigenvalue weighted by Gasteiger charge is 2.45. The number of rotatable bonds is 7. The number of allylic oxidation sites excluding steroid dienone is 1. The Hall–Kier alpha value is -3.29. The van der Waals surface area contributed by atoms with Crippen molar-refractivity contribution >= 4 is 23.2 Å². The molecule has 3 rings (SSSR count). The molecule has 184 valence electrons. The van der Waals surface area contributed by atoms with E-state index in [1.54, 1.807) is 13.1 Å². The molecule has 1 aromatic heterocycles.